The van der Waals surface area contributed by atoms with Crippen LogP contribution in [0.4, 0.5) is 5.69 Å². The van der Waals surface area contributed by atoms with Gasteiger partial charge in [-0.15, -0.1) is 0 Å². The van der Waals surface area contributed by atoms with Crippen LogP contribution >= 0.6 is 0 Å². The van der Waals surface area contributed by atoms with E-state index >= 15 is 0 Å². The van der Waals surface area contributed by atoms with Gasteiger partial charge in [-0.2, -0.15) is 0 Å². The Hall–Kier alpha value is -2.44. The average molecular weight is 294 g/mol. The first-order valence-corrected chi connectivity index (χ1v) is 6.49. The molecule has 0 aromatic heterocycles. The fourth-order valence-corrected chi connectivity index (χ4v) is 1.84. The van der Waals surface area contributed by atoms with E-state index in [1.54, 1.807) is 19.1 Å². The Morgan fingerprint density at radius 2 is 1.95 bits per heavy atom. The van der Waals surface area contributed by atoms with Crippen LogP contribution in [-0.2, 0) is 16.1 Å². The summed E-state index contributed by atoms with van der Waals surface area (Å²) in [6.07, 6.45) is 0. The van der Waals surface area contributed by atoms with E-state index in [2.05, 4.69) is 5.32 Å². The SMILES string of the molecule is Cc1c(CNC(=O)C(C)C(C)C(=O)O)cccc1[N+](=O)[O-]. The first-order chi connectivity index (χ1) is 9.75. The van der Waals surface area contributed by atoms with Gasteiger partial charge in [-0.3, -0.25) is 19.7 Å². The molecule has 0 aliphatic rings. The molecule has 0 saturated heterocycles. The van der Waals surface area contributed by atoms with Crippen LogP contribution in [0.2, 0.25) is 0 Å². The lowest BCUT2D eigenvalue weighted by Crippen LogP contribution is -2.35. The predicted molar refractivity (Wildman–Crippen MR) is 75.6 cm³/mol. The summed E-state index contributed by atoms with van der Waals surface area (Å²) in [5.41, 5.74) is 1.11. The number of nitrogens with one attached hydrogen (secondary N) is 1. The Bertz CT molecular complexity index is 570. The summed E-state index contributed by atoms with van der Waals surface area (Å²) in [6.45, 7) is 4.74. The van der Waals surface area contributed by atoms with Crippen molar-refractivity contribution < 1.29 is 19.6 Å². The Balaban J connectivity index is 2.76. The normalized spacial score (nSPS) is 13.3. The molecule has 1 aromatic rings. The van der Waals surface area contributed by atoms with Crippen molar-refractivity contribution in [3.8, 4) is 0 Å². The van der Waals surface area contributed by atoms with Crippen molar-refractivity contribution in [1.82, 2.24) is 5.32 Å². The summed E-state index contributed by atoms with van der Waals surface area (Å²) < 4.78 is 0. The number of rotatable bonds is 6. The summed E-state index contributed by atoms with van der Waals surface area (Å²) >= 11 is 0. The lowest BCUT2D eigenvalue weighted by Gasteiger charge is -2.16. The second-order valence-corrected chi connectivity index (χ2v) is 4.95. The Morgan fingerprint density at radius 3 is 2.48 bits per heavy atom. The molecule has 0 bridgehead atoms. The smallest absolute Gasteiger partial charge is 0.307 e. The maximum atomic E-state index is 11.9. The van der Waals surface area contributed by atoms with Crippen LogP contribution in [0.5, 0.6) is 0 Å². The lowest BCUT2D eigenvalue weighted by atomic mass is 9.95. The van der Waals surface area contributed by atoms with Gasteiger partial charge >= 0.3 is 5.97 Å². The van der Waals surface area contributed by atoms with Crippen molar-refractivity contribution in [2.45, 2.75) is 27.3 Å². The van der Waals surface area contributed by atoms with E-state index in [4.69, 9.17) is 5.11 Å². The number of carboxylic acids is 1. The van der Waals surface area contributed by atoms with Gasteiger partial charge in [0.1, 0.15) is 0 Å². The fraction of sp³-hybridized carbons (Fsp3) is 0.429. The van der Waals surface area contributed by atoms with Crippen molar-refractivity contribution in [3.05, 3.63) is 39.4 Å². The van der Waals surface area contributed by atoms with Crippen LogP contribution in [0.3, 0.4) is 0 Å². The number of hydrogen-bond donors (Lipinski definition) is 2. The van der Waals surface area contributed by atoms with Crippen molar-refractivity contribution in [2.75, 3.05) is 0 Å². The molecule has 0 aliphatic carbocycles. The molecule has 114 valence electrons. The number of aliphatic carboxylic acids is 1. The molecule has 0 spiro atoms. The molecule has 1 aromatic carbocycles. The molecule has 0 heterocycles. The number of carboxylic acid groups (broad SMARTS) is 1. The van der Waals surface area contributed by atoms with E-state index in [1.165, 1.54) is 19.9 Å². The summed E-state index contributed by atoms with van der Waals surface area (Å²) in [5, 5.41) is 22.3. The van der Waals surface area contributed by atoms with Gasteiger partial charge < -0.3 is 10.4 Å². The molecule has 7 heteroatoms. The van der Waals surface area contributed by atoms with Gasteiger partial charge in [0, 0.05) is 24.1 Å². The summed E-state index contributed by atoms with van der Waals surface area (Å²) in [7, 11) is 0. The molecular weight excluding hydrogens is 276 g/mol. The van der Waals surface area contributed by atoms with Crippen LogP contribution in [0.15, 0.2) is 18.2 Å². The van der Waals surface area contributed by atoms with Crippen molar-refractivity contribution in [1.29, 1.82) is 0 Å². The van der Waals surface area contributed by atoms with Gasteiger partial charge in [0.25, 0.3) is 5.69 Å². The van der Waals surface area contributed by atoms with Crippen molar-refractivity contribution >= 4 is 17.6 Å². The Morgan fingerprint density at radius 1 is 1.33 bits per heavy atom. The molecule has 1 amide bonds. The highest BCUT2D eigenvalue weighted by Crippen LogP contribution is 2.21. The maximum absolute atomic E-state index is 11.9. The number of nitrogens with zero attached hydrogens (tertiary/aromatic N) is 1. The highest BCUT2D eigenvalue weighted by Gasteiger charge is 2.25. The quantitative estimate of drug-likeness (QED) is 0.615. The maximum Gasteiger partial charge on any atom is 0.307 e. The molecule has 2 unspecified atom stereocenters. The number of amides is 1. The first-order valence-electron chi connectivity index (χ1n) is 6.49. The highest BCUT2D eigenvalue weighted by molar-refractivity contribution is 5.84. The number of carbonyl (C=O) groups excluding carboxylic acids is 1. The van der Waals surface area contributed by atoms with E-state index in [0.29, 0.717) is 11.1 Å². The first kappa shape index (κ1) is 16.6. The lowest BCUT2D eigenvalue weighted by molar-refractivity contribution is -0.385. The van der Waals surface area contributed by atoms with E-state index in [1.807, 2.05) is 0 Å². The Labute approximate surface area is 122 Å². The van der Waals surface area contributed by atoms with Gasteiger partial charge in [0.15, 0.2) is 0 Å². The molecular formula is C14H18N2O5. The average Bonchev–Trinajstić information content (AvgIpc) is 2.43. The number of carbonyl (C=O) groups is 2. The van der Waals surface area contributed by atoms with E-state index in [9.17, 15) is 19.7 Å². The van der Waals surface area contributed by atoms with E-state index in [-0.39, 0.29) is 12.2 Å². The minimum Gasteiger partial charge on any atom is -0.481 e. The molecule has 2 N–H and O–H groups in total. The number of nitro benzene ring substituents is 1. The van der Waals surface area contributed by atoms with Gasteiger partial charge in [0.2, 0.25) is 5.91 Å². The zero-order chi connectivity index (χ0) is 16.2. The molecule has 0 saturated carbocycles. The van der Waals surface area contributed by atoms with Crippen LogP contribution in [0.25, 0.3) is 0 Å². The second kappa shape index (κ2) is 6.83. The summed E-state index contributed by atoms with van der Waals surface area (Å²) in [4.78, 5) is 33.1. The summed E-state index contributed by atoms with van der Waals surface area (Å²) in [5.74, 6) is -2.90. The highest BCUT2D eigenvalue weighted by atomic mass is 16.6. The molecule has 1 rings (SSSR count). The summed E-state index contributed by atoms with van der Waals surface area (Å²) in [6, 6.07) is 4.64. The van der Waals surface area contributed by atoms with Crippen molar-refractivity contribution in [2.24, 2.45) is 11.8 Å². The van der Waals surface area contributed by atoms with Crippen LogP contribution in [-0.4, -0.2) is 21.9 Å². The second-order valence-electron chi connectivity index (χ2n) is 4.95. The zero-order valence-corrected chi connectivity index (χ0v) is 12.1. The number of nitro groups is 1. The van der Waals surface area contributed by atoms with Gasteiger partial charge in [-0.25, -0.2) is 0 Å². The molecule has 0 fully saturated rings. The zero-order valence-electron chi connectivity index (χ0n) is 12.1. The Kier molecular flexibility index (Phi) is 5.40. The van der Waals surface area contributed by atoms with Gasteiger partial charge in [0.05, 0.1) is 10.8 Å². The van der Waals surface area contributed by atoms with Gasteiger partial charge in [-0.1, -0.05) is 26.0 Å². The predicted octanol–water partition coefficient (Wildman–Crippen LogP) is 1.88. The largest absolute Gasteiger partial charge is 0.481 e. The van der Waals surface area contributed by atoms with Gasteiger partial charge in [-0.05, 0) is 12.5 Å². The minimum absolute atomic E-state index is 0.00583. The fourth-order valence-electron chi connectivity index (χ4n) is 1.84. The monoisotopic (exact) mass is 294 g/mol. The van der Waals surface area contributed by atoms with Crippen LogP contribution in [0, 0.1) is 28.9 Å². The minimum atomic E-state index is -1.04. The van der Waals surface area contributed by atoms with Crippen LogP contribution in [0.1, 0.15) is 25.0 Å². The van der Waals surface area contributed by atoms with E-state index in [0.717, 1.165) is 0 Å². The molecule has 2 atom stereocenters. The number of benzene rings is 1. The molecule has 0 aliphatic heterocycles. The van der Waals surface area contributed by atoms with E-state index < -0.39 is 28.6 Å². The molecule has 7 nitrogen and oxygen atoms in total. The third kappa shape index (κ3) is 4.01. The number of hydrogen-bond acceptors (Lipinski definition) is 4. The molecule has 21 heavy (non-hydrogen) atoms. The third-order valence-electron chi connectivity index (χ3n) is 3.62. The molecule has 0 radical (unpaired) electrons. The standard InChI is InChI=1S/C14H18N2O5/c1-8(9(2)14(18)19)13(17)15-7-11-5-4-6-12(10(11)3)16(20)21/h4-6,8-9H,7H2,1-3H3,(H,15,17)(H,18,19). The topological polar surface area (TPSA) is 110 Å². The van der Waals surface area contributed by atoms with Crippen LogP contribution < -0.4 is 5.32 Å². The third-order valence-corrected chi connectivity index (χ3v) is 3.62. The van der Waals surface area contributed by atoms with Crippen molar-refractivity contribution in [3.63, 3.8) is 0 Å².